The summed E-state index contributed by atoms with van der Waals surface area (Å²) in [7, 11) is 0. The number of amides is 1. The first kappa shape index (κ1) is 15.1. The van der Waals surface area contributed by atoms with Crippen molar-refractivity contribution in [3.63, 3.8) is 0 Å². The van der Waals surface area contributed by atoms with Crippen LogP contribution in [0.2, 0.25) is 0 Å². The molecule has 1 fully saturated rings. The van der Waals surface area contributed by atoms with E-state index in [0.29, 0.717) is 5.13 Å². The normalized spacial score (nSPS) is 24.9. The van der Waals surface area contributed by atoms with Crippen LogP contribution < -0.4 is 11.1 Å². The van der Waals surface area contributed by atoms with E-state index in [0.717, 1.165) is 37.1 Å². The van der Waals surface area contributed by atoms with Crippen molar-refractivity contribution < 1.29 is 4.79 Å². The van der Waals surface area contributed by atoms with Crippen molar-refractivity contribution in [2.75, 3.05) is 5.32 Å². The van der Waals surface area contributed by atoms with Gasteiger partial charge in [-0.1, -0.05) is 18.9 Å². The van der Waals surface area contributed by atoms with Gasteiger partial charge in [-0.05, 0) is 31.9 Å². The molecule has 0 bridgehead atoms. The molecule has 22 heavy (non-hydrogen) atoms. The van der Waals surface area contributed by atoms with Gasteiger partial charge in [0.15, 0.2) is 5.13 Å². The van der Waals surface area contributed by atoms with Crippen molar-refractivity contribution in [3.8, 4) is 11.4 Å². The van der Waals surface area contributed by atoms with Crippen LogP contribution >= 0.6 is 11.3 Å². The Morgan fingerprint density at radius 1 is 1.41 bits per heavy atom. The number of thiazole rings is 1. The van der Waals surface area contributed by atoms with Crippen LogP contribution in [-0.4, -0.2) is 21.4 Å². The number of nitrogens with zero attached hydrogens (tertiary/aromatic N) is 2. The Labute approximate surface area is 134 Å². The number of carbonyl (C=O) groups is 1. The molecule has 2 aromatic rings. The van der Waals surface area contributed by atoms with E-state index in [4.69, 9.17) is 5.73 Å². The highest BCUT2D eigenvalue weighted by Gasteiger charge is 2.38. The topological polar surface area (TPSA) is 80.9 Å². The second-order valence-electron chi connectivity index (χ2n) is 6.05. The zero-order valence-electron chi connectivity index (χ0n) is 12.6. The molecule has 1 amide bonds. The molecule has 0 aliphatic heterocycles. The lowest BCUT2D eigenvalue weighted by Gasteiger charge is -2.36. The first-order chi connectivity index (χ1) is 10.6. The van der Waals surface area contributed by atoms with E-state index in [1.807, 2.05) is 30.5 Å². The Balaban J connectivity index is 1.71. The SMILES string of the molecule is CC1(N)CCCCC1C(=O)Nc1nc(-c2ccccn2)cs1. The number of hydrogen-bond acceptors (Lipinski definition) is 5. The molecule has 0 aromatic carbocycles. The third kappa shape index (κ3) is 3.18. The van der Waals surface area contributed by atoms with Crippen LogP contribution in [0, 0.1) is 5.92 Å². The predicted octanol–water partition coefficient (Wildman–Crippen LogP) is 3.05. The van der Waals surface area contributed by atoms with Gasteiger partial charge < -0.3 is 11.1 Å². The quantitative estimate of drug-likeness (QED) is 0.912. The number of anilines is 1. The van der Waals surface area contributed by atoms with E-state index in [-0.39, 0.29) is 11.8 Å². The van der Waals surface area contributed by atoms with Gasteiger partial charge in [0.05, 0.1) is 11.6 Å². The number of nitrogens with one attached hydrogen (secondary N) is 1. The van der Waals surface area contributed by atoms with Gasteiger partial charge in [0, 0.05) is 17.1 Å². The molecule has 0 radical (unpaired) electrons. The summed E-state index contributed by atoms with van der Waals surface area (Å²) in [5.74, 6) is -0.171. The Morgan fingerprint density at radius 2 is 2.27 bits per heavy atom. The first-order valence-corrected chi connectivity index (χ1v) is 8.41. The number of aromatic nitrogens is 2. The van der Waals surface area contributed by atoms with Gasteiger partial charge in [-0.25, -0.2) is 4.98 Å². The monoisotopic (exact) mass is 316 g/mol. The minimum Gasteiger partial charge on any atom is -0.325 e. The molecule has 0 saturated heterocycles. The Bertz CT molecular complexity index is 653. The summed E-state index contributed by atoms with van der Waals surface area (Å²) < 4.78 is 0. The molecule has 2 unspecified atom stereocenters. The van der Waals surface area contributed by atoms with Crippen LogP contribution in [0.1, 0.15) is 32.6 Å². The van der Waals surface area contributed by atoms with E-state index in [9.17, 15) is 4.79 Å². The molecule has 116 valence electrons. The summed E-state index contributed by atoms with van der Waals surface area (Å²) in [6.45, 7) is 1.97. The van der Waals surface area contributed by atoms with Crippen LogP contribution in [-0.2, 0) is 4.79 Å². The van der Waals surface area contributed by atoms with E-state index >= 15 is 0 Å². The average Bonchev–Trinajstić information content (AvgIpc) is 2.96. The Kier molecular flexibility index (Phi) is 4.22. The highest BCUT2D eigenvalue weighted by molar-refractivity contribution is 7.14. The summed E-state index contributed by atoms with van der Waals surface area (Å²) >= 11 is 1.41. The van der Waals surface area contributed by atoms with Gasteiger partial charge in [0.2, 0.25) is 5.91 Å². The Hall–Kier alpha value is -1.79. The molecule has 6 heteroatoms. The average molecular weight is 316 g/mol. The molecule has 2 aromatic heterocycles. The van der Waals surface area contributed by atoms with E-state index in [2.05, 4.69) is 15.3 Å². The maximum Gasteiger partial charge on any atom is 0.231 e. The molecular formula is C16H20N4OS. The standard InChI is InChI=1S/C16H20N4OS/c1-16(17)8-4-2-6-11(16)14(21)20-15-19-13(10-22-15)12-7-3-5-9-18-12/h3,5,7,9-11H,2,4,6,8,17H2,1H3,(H,19,20,21). The summed E-state index contributed by atoms with van der Waals surface area (Å²) in [5, 5.41) is 5.43. The van der Waals surface area contributed by atoms with Crippen molar-refractivity contribution in [3.05, 3.63) is 29.8 Å². The number of rotatable bonds is 3. The highest BCUT2D eigenvalue weighted by atomic mass is 32.1. The molecule has 1 aliphatic carbocycles. The molecule has 2 heterocycles. The number of nitrogens with two attached hydrogens (primary N) is 1. The molecule has 3 rings (SSSR count). The first-order valence-electron chi connectivity index (χ1n) is 7.53. The van der Waals surface area contributed by atoms with Crippen molar-refractivity contribution in [2.24, 2.45) is 11.7 Å². The lowest BCUT2D eigenvalue weighted by molar-refractivity contribution is -0.122. The minimum atomic E-state index is -0.427. The van der Waals surface area contributed by atoms with Crippen LogP contribution in [0.15, 0.2) is 29.8 Å². The molecule has 1 saturated carbocycles. The van der Waals surface area contributed by atoms with Crippen molar-refractivity contribution in [2.45, 2.75) is 38.1 Å². The van der Waals surface area contributed by atoms with Crippen molar-refractivity contribution in [1.82, 2.24) is 9.97 Å². The molecule has 3 N–H and O–H groups in total. The fourth-order valence-corrected chi connectivity index (χ4v) is 3.65. The third-order valence-corrected chi connectivity index (χ3v) is 4.99. The maximum atomic E-state index is 12.5. The molecule has 5 nitrogen and oxygen atoms in total. The highest BCUT2D eigenvalue weighted by Crippen LogP contribution is 2.33. The number of carbonyl (C=O) groups excluding carboxylic acids is 1. The third-order valence-electron chi connectivity index (χ3n) is 4.23. The minimum absolute atomic E-state index is 0.0216. The van der Waals surface area contributed by atoms with Crippen LogP contribution in [0.5, 0.6) is 0 Å². The largest absolute Gasteiger partial charge is 0.325 e. The van der Waals surface area contributed by atoms with Gasteiger partial charge in [-0.15, -0.1) is 11.3 Å². The fourth-order valence-electron chi connectivity index (χ4n) is 2.94. The summed E-state index contributed by atoms with van der Waals surface area (Å²) in [4.78, 5) is 21.2. The van der Waals surface area contributed by atoms with Gasteiger partial charge in [0.25, 0.3) is 0 Å². The zero-order valence-corrected chi connectivity index (χ0v) is 13.4. The number of pyridine rings is 1. The zero-order chi connectivity index (χ0) is 15.6. The maximum absolute atomic E-state index is 12.5. The van der Waals surface area contributed by atoms with Crippen LogP contribution in [0.3, 0.4) is 0 Å². The lowest BCUT2D eigenvalue weighted by atomic mass is 9.74. The van der Waals surface area contributed by atoms with Crippen LogP contribution in [0.4, 0.5) is 5.13 Å². The summed E-state index contributed by atoms with van der Waals surface area (Å²) in [6.07, 6.45) is 5.62. The van der Waals surface area contributed by atoms with Crippen molar-refractivity contribution >= 4 is 22.4 Å². The van der Waals surface area contributed by atoms with E-state index < -0.39 is 5.54 Å². The van der Waals surface area contributed by atoms with Gasteiger partial charge in [0.1, 0.15) is 5.69 Å². The molecule has 2 atom stereocenters. The smallest absolute Gasteiger partial charge is 0.231 e. The van der Waals surface area contributed by atoms with Gasteiger partial charge >= 0.3 is 0 Å². The lowest BCUT2D eigenvalue weighted by Crippen LogP contribution is -2.51. The molecular weight excluding hydrogens is 296 g/mol. The summed E-state index contributed by atoms with van der Waals surface area (Å²) in [5.41, 5.74) is 7.44. The second kappa shape index (κ2) is 6.14. The second-order valence-corrected chi connectivity index (χ2v) is 6.90. The molecule has 0 spiro atoms. The summed E-state index contributed by atoms with van der Waals surface area (Å²) in [6, 6.07) is 5.68. The fraction of sp³-hybridized carbons (Fsp3) is 0.438. The Morgan fingerprint density at radius 3 is 3.00 bits per heavy atom. The van der Waals surface area contributed by atoms with E-state index in [1.54, 1.807) is 6.20 Å². The van der Waals surface area contributed by atoms with Crippen LogP contribution in [0.25, 0.3) is 11.4 Å². The van der Waals surface area contributed by atoms with Gasteiger partial charge in [-0.3, -0.25) is 9.78 Å². The predicted molar refractivity (Wildman–Crippen MR) is 88.5 cm³/mol. The van der Waals surface area contributed by atoms with E-state index in [1.165, 1.54) is 11.3 Å². The number of hydrogen-bond donors (Lipinski definition) is 2. The van der Waals surface area contributed by atoms with Crippen molar-refractivity contribution in [1.29, 1.82) is 0 Å². The van der Waals surface area contributed by atoms with Gasteiger partial charge in [-0.2, -0.15) is 0 Å². The molecule has 1 aliphatic rings.